The number of aromatic carboxylic acids is 1. The summed E-state index contributed by atoms with van der Waals surface area (Å²) in [5, 5.41) is 11.4. The summed E-state index contributed by atoms with van der Waals surface area (Å²) in [6.07, 6.45) is 3.19. The summed E-state index contributed by atoms with van der Waals surface area (Å²) in [4.78, 5) is 52.1. The van der Waals surface area contributed by atoms with Gasteiger partial charge in [-0.2, -0.15) is 0 Å². The van der Waals surface area contributed by atoms with E-state index >= 15 is 0 Å². The zero-order valence-electron chi connectivity index (χ0n) is 17.9. The summed E-state index contributed by atoms with van der Waals surface area (Å²) >= 11 is 0. The fraction of sp³-hybridized carbons (Fsp3) is 0.0833. The van der Waals surface area contributed by atoms with Crippen molar-refractivity contribution in [3.8, 4) is 5.69 Å². The number of nitrogens with one attached hydrogen (secondary N) is 1. The highest BCUT2D eigenvalue weighted by atomic mass is 16.4. The minimum absolute atomic E-state index is 0.0467. The van der Waals surface area contributed by atoms with Gasteiger partial charge >= 0.3 is 12.0 Å². The molecule has 9 heteroatoms. The van der Waals surface area contributed by atoms with Crippen molar-refractivity contribution in [3.63, 3.8) is 0 Å². The number of urea groups is 1. The molecule has 4 amide bonds. The minimum atomic E-state index is -1.20. The number of carbonyl (C=O) groups excluding carboxylic acids is 3. The molecule has 0 saturated carbocycles. The van der Waals surface area contributed by atoms with Crippen molar-refractivity contribution < 1.29 is 24.3 Å². The number of anilines is 2. The molecule has 4 rings (SSSR count). The molecule has 9 nitrogen and oxygen atoms in total. The Morgan fingerprint density at radius 3 is 2.36 bits per heavy atom. The van der Waals surface area contributed by atoms with Crippen LogP contribution in [0.15, 0.2) is 72.4 Å². The Bertz CT molecular complexity index is 1300. The maximum Gasteiger partial charge on any atom is 0.335 e. The lowest BCUT2D eigenvalue weighted by molar-refractivity contribution is -0.122. The Hall–Kier alpha value is -4.66. The first kappa shape index (κ1) is 21.6. The van der Waals surface area contributed by atoms with Gasteiger partial charge in [-0.15, -0.1) is 0 Å². The minimum Gasteiger partial charge on any atom is -0.478 e. The lowest BCUT2D eigenvalue weighted by Gasteiger charge is -2.26. The Balaban J connectivity index is 1.71. The van der Waals surface area contributed by atoms with E-state index in [1.807, 2.05) is 43.3 Å². The van der Waals surface area contributed by atoms with Crippen molar-refractivity contribution in [1.82, 2.24) is 9.88 Å². The maximum atomic E-state index is 13.1. The number of rotatable bonds is 5. The highest BCUT2D eigenvalue weighted by Gasteiger charge is 2.37. The molecule has 2 aromatic carbocycles. The zero-order valence-corrected chi connectivity index (χ0v) is 17.9. The van der Waals surface area contributed by atoms with Gasteiger partial charge < -0.3 is 14.6 Å². The molecular weight excluding hydrogens is 424 g/mol. The van der Waals surface area contributed by atoms with Crippen molar-refractivity contribution in [2.45, 2.75) is 0 Å². The van der Waals surface area contributed by atoms with Crippen LogP contribution in [0.3, 0.4) is 0 Å². The quantitative estimate of drug-likeness (QED) is 0.462. The number of aromatic nitrogens is 1. The number of benzene rings is 2. The SMILES string of the molecule is CN(C)c1ccc(-n2cccc2C=C2C(=O)NC(=O)N(c3cccc(C(=O)O)c3)C2=O)cc1. The molecule has 3 aromatic rings. The molecule has 0 spiro atoms. The third kappa shape index (κ3) is 4.11. The van der Waals surface area contributed by atoms with Crippen LogP contribution in [0.2, 0.25) is 0 Å². The van der Waals surface area contributed by atoms with E-state index in [9.17, 15) is 24.3 Å². The van der Waals surface area contributed by atoms with Gasteiger partial charge in [0.15, 0.2) is 0 Å². The van der Waals surface area contributed by atoms with Crippen molar-refractivity contribution in [1.29, 1.82) is 0 Å². The number of imide groups is 2. The topological polar surface area (TPSA) is 112 Å². The second-order valence-electron chi connectivity index (χ2n) is 7.53. The van der Waals surface area contributed by atoms with E-state index in [1.165, 1.54) is 30.3 Å². The second-order valence-corrected chi connectivity index (χ2v) is 7.53. The lowest BCUT2D eigenvalue weighted by Crippen LogP contribution is -2.54. The summed E-state index contributed by atoms with van der Waals surface area (Å²) in [5.74, 6) is -2.87. The van der Waals surface area contributed by atoms with Crippen molar-refractivity contribution in [2.75, 3.05) is 23.9 Å². The molecule has 1 saturated heterocycles. The standard InChI is InChI=1S/C24H20N4O5/c1-26(2)16-8-10-17(11-9-16)27-12-4-7-18(27)14-20-21(29)25-24(33)28(22(20)30)19-6-3-5-15(13-19)23(31)32/h3-14H,1-2H3,(H,31,32)(H,25,29,33). The number of nitrogens with zero attached hydrogens (tertiary/aromatic N) is 3. The van der Waals surface area contributed by atoms with Gasteiger partial charge in [-0.25, -0.2) is 14.5 Å². The number of amides is 4. The molecular formula is C24H20N4O5. The smallest absolute Gasteiger partial charge is 0.335 e. The third-order valence-electron chi connectivity index (χ3n) is 5.17. The van der Waals surface area contributed by atoms with Gasteiger partial charge in [-0.05, 0) is 60.7 Å². The monoisotopic (exact) mass is 444 g/mol. The van der Waals surface area contributed by atoms with Gasteiger partial charge in [0.25, 0.3) is 11.8 Å². The van der Waals surface area contributed by atoms with E-state index in [0.29, 0.717) is 5.69 Å². The van der Waals surface area contributed by atoms with Crippen LogP contribution in [0, 0.1) is 0 Å². The lowest BCUT2D eigenvalue weighted by atomic mass is 10.1. The van der Waals surface area contributed by atoms with E-state index in [4.69, 9.17) is 0 Å². The molecule has 2 N–H and O–H groups in total. The van der Waals surface area contributed by atoms with Crippen LogP contribution in [0.5, 0.6) is 0 Å². The van der Waals surface area contributed by atoms with Crippen LogP contribution in [-0.4, -0.2) is 47.6 Å². The van der Waals surface area contributed by atoms with Crippen molar-refractivity contribution in [3.05, 3.63) is 83.7 Å². The molecule has 0 aliphatic carbocycles. The molecule has 2 heterocycles. The first-order valence-corrected chi connectivity index (χ1v) is 9.96. The second kappa shape index (κ2) is 8.46. The van der Waals surface area contributed by atoms with E-state index in [1.54, 1.807) is 22.9 Å². The fourth-order valence-corrected chi connectivity index (χ4v) is 3.48. The average Bonchev–Trinajstić information content (AvgIpc) is 3.25. The molecule has 1 aliphatic rings. The molecule has 0 radical (unpaired) electrons. The molecule has 0 atom stereocenters. The number of carboxylic acid groups (broad SMARTS) is 1. The summed E-state index contributed by atoms with van der Waals surface area (Å²) in [5.41, 5.74) is 2.10. The zero-order chi connectivity index (χ0) is 23.7. The fourth-order valence-electron chi connectivity index (χ4n) is 3.48. The number of hydrogen-bond acceptors (Lipinski definition) is 5. The number of carbonyl (C=O) groups is 4. The Morgan fingerprint density at radius 2 is 1.70 bits per heavy atom. The highest BCUT2D eigenvalue weighted by Crippen LogP contribution is 2.24. The number of hydrogen-bond donors (Lipinski definition) is 2. The molecule has 1 fully saturated rings. The largest absolute Gasteiger partial charge is 0.478 e. The van der Waals surface area contributed by atoms with E-state index in [0.717, 1.165) is 16.3 Å². The molecule has 0 bridgehead atoms. The summed E-state index contributed by atoms with van der Waals surface area (Å²) in [6.45, 7) is 0. The Labute approximate surface area is 189 Å². The first-order valence-electron chi connectivity index (χ1n) is 9.96. The van der Waals surface area contributed by atoms with Crippen LogP contribution in [0.4, 0.5) is 16.2 Å². The molecule has 1 aliphatic heterocycles. The highest BCUT2D eigenvalue weighted by molar-refractivity contribution is 6.39. The maximum absolute atomic E-state index is 13.1. The van der Waals surface area contributed by atoms with E-state index in [-0.39, 0.29) is 16.8 Å². The van der Waals surface area contributed by atoms with Gasteiger partial charge in [-0.3, -0.25) is 14.9 Å². The average molecular weight is 444 g/mol. The molecule has 33 heavy (non-hydrogen) atoms. The predicted octanol–water partition coefficient (Wildman–Crippen LogP) is 2.91. The summed E-state index contributed by atoms with van der Waals surface area (Å²) < 4.78 is 1.80. The molecule has 0 unspecified atom stereocenters. The van der Waals surface area contributed by atoms with Crippen LogP contribution < -0.4 is 15.1 Å². The Kier molecular flexibility index (Phi) is 5.53. The number of carboxylic acids is 1. The summed E-state index contributed by atoms with van der Waals surface area (Å²) in [7, 11) is 3.88. The van der Waals surface area contributed by atoms with Crippen LogP contribution in [-0.2, 0) is 9.59 Å². The Morgan fingerprint density at radius 1 is 0.970 bits per heavy atom. The van der Waals surface area contributed by atoms with Crippen LogP contribution in [0.1, 0.15) is 16.1 Å². The van der Waals surface area contributed by atoms with Gasteiger partial charge in [0, 0.05) is 37.4 Å². The van der Waals surface area contributed by atoms with E-state index in [2.05, 4.69) is 5.32 Å². The molecule has 1 aromatic heterocycles. The number of barbiturate groups is 1. The summed E-state index contributed by atoms with van der Waals surface area (Å²) in [6, 6.07) is 15.7. The van der Waals surface area contributed by atoms with Gasteiger partial charge in [-0.1, -0.05) is 6.07 Å². The van der Waals surface area contributed by atoms with Crippen molar-refractivity contribution in [2.24, 2.45) is 0 Å². The van der Waals surface area contributed by atoms with E-state index < -0.39 is 23.8 Å². The van der Waals surface area contributed by atoms with Gasteiger partial charge in [0.05, 0.1) is 11.3 Å². The van der Waals surface area contributed by atoms with Gasteiger partial charge in [0.1, 0.15) is 5.57 Å². The third-order valence-corrected chi connectivity index (χ3v) is 5.17. The van der Waals surface area contributed by atoms with Crippen LogP contribution in [0.25, 0.3) is 11.8 Å². The van der Waals surface area contributed by atoms with Crippen LogP contribution >= 0.6 is 0 Å². The van der Waals surface area contributed by atoms with Gasteiger partial charge in [0.2, 0.25) is 0 Å². The normalized spacial score (nSPS) is 15.0. The first-order chi connectivity index (χ1) is 15.8. The predicted molar refractivity (Wildman–Crippen MR) is 122 cm³/mol. The molecule has 166 valence electrons. The van der Waals surface area contributed by atoms with Crippen molar-refractivity contribution >= 4 is 41.3 Å².